The minimum atomic E-state index is -0.00538. The second-order valence-corrected chi connectivity index (χ2v) is 6.54. The second-order valence-electron chi connectivity index (χ2n) is 6.54. The summed E-state index contributed by atoms with van der Waals surface area (Å²) in [6.45, 7) is 10.3. The normalized spacial score (nSPS) is 18.2. The first-order chi connectivity index (χ1) is 11.6. The van der Waals surface area contributed by atoms with Crippen LogP contribution < -0.4 is 5.32 Å². The van der Waals surface area contributed by atoms with E-state index in [0.717, 1.165) is 55.3 Å². The average molecular weight is 330 g/mol. The van der Waals surface area contributed by atoms with Crippen molar-refractivity contribution in [1.29, 1.82) is 0 Å². The second kappa shape index (κ2) is 7.21. The van der Waals surface area contributed by atoms with Crippen molar-refractivity contribution in [2.45, 2.75) is 40.3 Å². The van der Waals surface area contributed by atoms with Crippen LogP contribution in [-0.4, -0.2) is 40.2 Å². The lowest BCUT2D eigenvalue weighted by molar-refractivity contribution is 0.0946. The Morgan fingerprint density at radius 1 is 1.46 bits per heavy atom. The van der Waals surface area contributed by atoms with Crippen LogP contribution in [0.3, 0.4) is 0 Å². The van der Waals surface area contributed by atoms with Gasteiger partial charge in [0.1, 0.15) is 5.76 Å². The molecule has 1 saturated heterocycles. The summed E-state index contributed by atoms with van der Waals surface area (Å²) in [4.78, 5) is 14.9. The number of carbonyl (C=O) groups excluding carboxylic acids is 1. The highest BCUT2D eigenvalue weighted by atomic mass is 16.3. The van der Waals surface area contributed by atoms with Gasteiger partial charge in [-0.15, -0.1) is 0 Å². The summed E-state index contributed by atoms with van der Waals surface area (Å²) in [5.74, 6) is 1.48. The fraction of sp³-hybridized carbons (Fsp3) is 0.556. The van der Waals surface area contributed by atoms with Gasteiger partial charge in [-0.25, -0.2) is 0 Å². The summed E-state index contributed by atoms with van der Waals surface area (Å²) in [5, 5.41) is 7.52. The number of rotatable bonds is 6. The molecule has 1 aliphatic heterocycles. The Kier molecular flexibility index (Phi) is 5.04. The molecule has 6 heteroatoms. The zero-order valence-corrected chi connectivity index (χ0v) is 14.7. The maximum absolute atomic E-state index is 12.5. The van der Waals surface area contributed by atoms with E-state index in [1.807, 2.05) is 37.6 Å². The third-order valence-electron chi connectivity index (χ3n) is 4.79. The van der Waals surface area contributed by atoms with Gasteiger partial charge in [-0.1, -0.05) is 0 Å². The highest BCUT2D eigenvalue weighted by Gasteiger charge is 2.25. The third kappa shape index (κ3) is 3.53. The number of aryl methyl sites for hydroxylation is 2. The van der Waals surface area contributed by atoms with E-state index in [2.05, 4.69) is 15.3 Å². The molecule has 0 spiro atoms. The van der Waals surface area contributed by atoms with Crippen LogP contribution in [0.4, 0.5) is 0 Å². The van der Waals surface area contributed by atoms with Gasteiger partial charge in [-0.3, -0.25) is 14.4 Å². The molecular formula is C18H26N4O2. The Bertz CT molecular complexity index is 690. The Labute approximate surface area is 142 Å². The molecule has 0 bridgehead atoms. The molecule has 24 heavy (non-hydrogen) atoms. The number of hydrogen-bond donors (Lipinski definition) is 1. The quantitative estimate of drug-likeness (QED) is 0.883. The number of likely N-dealkylation sites (tertiary alicyclic amines) is 1. The molecule has 3 rings (SSSR count). The van der Waals surface area contributed by atoms with Gasteiger partial charge >= 0.3 is 0 Å². The largest absolute Gasteiger partial charge is 0.468 e. The lowest BCUT2D eigenvalue weighted by atomic mass is 10.1. The van der Waals surface area contributed by atoms with Crippen LogP contribution in [0.1, 0.15) is 40.9 Å². The van der Waals surface area contributed by atoms with Crippen molar-refractivity contribution in [2.24, 2.45) is 5.92 Å². The van der Waals surface area contributed by atoms with E-state index in [1.54, 1.807) is 6.26 Å². The number of nitrogens with zero attached hydrogens (tertiary/aromatic N) is 3. The first-order valence-corrected chi connectivity index (χ1v) is 8.65. The summed E-state index contributed by atoms with van der Waals surface area (Å²) < 4.78 is 7.29. The summed E-state index contributed by atoms with van der Waals surface area (Å²) >= 11 is 0. The molecule has 1 N–H and O–H groups in total. The molecule has 6 nitrogen and oxygen atoms in total. The number of amides is 1. The lowest BCUT2D eigenvalue weighted by Crippen LogP contribution is -2.31. The third-order valence-corrected chi connectivity index (χ3v) is 4.79. The van der Waals surface area contributed by atoms with Gasteiger partial charge in [0.25, 0.3) is 5.91 Å². The maximum atomic E-state index is 12.5. The summed E-state index contributed by atoms with van der Waals surface area (Å²) in [5.41, 5.74) is 2.47. The van der Waals surface area contributed by atoms with Crippen molar-refractivity contribution in [3.8, 4) is 0 Å². The monoisotopic (exact) mass is 330 g/mol. The fourth-order valence-electron chi connectivity index (χ4n) is 3.50. The van der Waals surface area contributed by atoms with Gasteiger partial charge in [-0.2, -0.15) is 5.10 Å². The smallest absolute Gasteiger partial charge is 0.255 e. The topological polar surface area (TPSA) is 63.3 Å². The molecule has 1 fully saturated rings. The molecule has 2 aromatic rings. The summed E-state index contributed by atoms with van der Waals surface area (Å²) in [7, 11) is 0. The van der Waals surface area contributed by atoms with Crippen LogP contribution in [0.5, 0.6) is 0 Å². The summed E-state index contributed by atoms with van der Waals surface area (Å²) in [6, 6.07) is 3.93. The van der Waals surface area contributed by atoms with Crippen molar-refractivity contribution < 1.29 is 9.21 Å². The maximum Gasteiger partial charge on any atom is 0.255 e. The minimum absolute atomic E-state index is 0.00538. The van der Waals surface area contributed by atoms with Crippen molar-refractivity contribution in [3.05, 3.63) is 41.1 Å². The van der Waals surface area contributed by atoms with Crippen LogP contribution >= 0.6 is 0 Å². The molecule has 0 aromatic carbocycles. The SMILES string of the molecule is CCn1nc(C)c(C(=O)NCC2CCN(Cc3ccco3)C2)c1C. The average Bonchev–Trinajstić information content (AvgIpc) is 3.27. The van der Waals surface area contributed by atoms with Crippen molar-refractivity contribution in [1.82, 2.24) is 20.0 Å². The zero-order chi connectivity index (χ0) is 17.1. The van der Waals surface area contributed by atoms with E-state index < -0.39 is 0 Å². The van der Waals surface area contributed by atoms with Crippen LogP contribution in [0.2, 0.25) is 0 Å². The standard InChI is InChI=1S/C18H26N4O2/c1-4-22-14(3)17(13(2)20-22)18(23)19-10-15-7-8-21(11-15)12-16-6-5-9-24-16/h5-6,9,15H,4,7-8,10-12H2,1-3H3,(H,19,23). The van der Waals surface area contributed by atoms with Crippen LogP contribution in [0.25, 0.3) is 0 Å². The Morgan fingerprint density at radius 3 is 2.96 bits per heavy atom. The molecule has 0 aliphatic carbocycles. The van der Waals surface area contributed by atoms with Crippen molar-refractivity contribution in [2.75, 3.05) is 19.6 Å². The van der Waals surface area contributed by atoms with E-state index in [-0.39, 0.29) is 5.91 Å². The van der Waals surface area contributed by atoms with Crippen molar-refractivity contribution in [3.63, 3.8) is 0 Å². The molecule has 3 heterocycles. The van der Waals surface area contributed by atoms with Gasteiger partial charge in [0, 0.05) is 25.3 Å². The van der Waals surface area contributed by atoms with Crippen LogP contribution in [0.15, 0.2) is 22.8 Å². The first kappa shape index (κ1) is 16.8. The van der Waals surface area contributed by atoms with E-state index in [1.165, 1.54) is 0 Å². The molecule has 0 saturated carbocycles. The van der Waals surface area contributed by atoms with Gasteiger partial charge in [0.15, 0.2) is 0 Å². The molecule has 1 atom stereocenters. The first-order valence-electron chi connectivity index (χ1n) is 8.65. The van der Waals surface area contributed by atoms with E-state index >= 15 is 0 Å². The molecule has 130 valence electrons. The van der Waals surface area contributed by atoms with E-state index in [4.69, 9.17) is 4.42 Å². The molecule has 1 unspecified atom stereocenters. The Hall–Kier alpha value is -2.08. The van der Waals surface area contributed by atoms with Crippen LogP contribution in [-0.2, 0) is 13.1 Å². The van der Waals surface area contributed by atoms with Gasteiger partial charge in [0.2, 0.25) is 0 Å². The van der Waals surface area contributed by atoms with E-state index in [0.29, 0.717) is 12.5 Å². The predicted molar refractivity (Wildman–Crippen MR) is 91.8 cm³/mol. The molecule has 1 aliphatic rings. The predicted octanol–water partition coefficient (Wildman–Crippen LogP) is 2.36. The number of carbonyl (C=O) groups is 1. The Balaban J connectivity index is 1.51. The van der Waals surface area contributed by atoms with Crippen LogP contribution in [0, 0.1) is 19.8 Å². The highest BCUT2D eigenvalue weighted by molar-refractivity contribution is 5.96. The lowest BCUT2D eigenvalue weighted by Gasteiger charge is -2.15. The molecule has 1 amide bonds. The number of aromatic nitrogens is 2. The number of nitrogens with one attached hydrogen (secondary N) is 1. The fourth-order valence-corrected chi connectivity index (χ4v) is 3.50. The van der Waals surface area contributed by atoms with E-state index in [9.17, 15) is 4.79 Å². The molecule has 2 aromatic heterocycles. The zero-order valence-electron chi connectivity index (χ0n) is 14.7. The van der Waals surface area contributed by atoms with Gasteiger partial charge in [0.05, 0.1) is 24.1 Å². The Morgan fingerprint density at radius 2 is 2.29 bits per heavy atom. The summed E-state index contributed by atoms with van der Waals surface area (Å²) in [6.07, 6.45) is 2.82. The molecular weight excluding hydrogens is 304 g/mol. The minimum Gasteiger partial charge on any atom is -0.468 e. The van der Waals surface area contributed by atoms with Gasteiger partial charge < -0.3 is 9.73 Å². The molecule has 0 radical (unpaired) electrons. The van der Waals surface area contributed by atoms with Crippen molar-refractivity contribution >= 4 is 5.91 Å². The highest BCUT2D eigenvalue weighted by Crippen LogP contribution is 2.19. The number of furan rings is 1. The number of hydrogen-bond acceptors (Lipinski definition) is 4. The van der Waals surface area contributed by atoms with Gasteiger partial charge in [-0.05, 0) is 51.8 Å².